The molecule has 2 aliphatic carbocycles. The zero-order valence-electron chi connectivity index (χ0n) is 25.2. The van der Waals surface area contributed by atoms with Crippen LogP contribution in [-0.4, -0.2) is 53.4 Å². The smallest absolute Gasteiger partial charge is 0.308 e. The molecular formula is C30H36O12. The molecule has 0 spiro atoms. The second kappa shape index (κ2) is 11.6. The van der Waals surface area contributed by atoms with Crippen molar-refractivity contribution in [2.75, 3.05) is 6.61 Å². The van der Waals surface area contributed by atoms with Gasteiger partial charge in [-0.3, -0.25) is 28.8 Å². The van der Waals surface area contributed by atoms with Crippen molar-refractivity contribution in [3.8, 4) is 17.2 Å². The number of ether oxygens (including phenoxy) is 5. The molecule has 0 bridgehead atoms. The zero-order chi connectivity index (χ0) is 31.9. The van der Waals surface area contributed by atoms with Gasteiger partial charge in [0.1, 0.15) is 11.9 Å². The van der Waals surface area contributed by atoms with Crippen molar-refractivity contribution in [2.24, 2.45) is 5.41 Å². The van der Waals surface area contributed by atoms with Crippen molar-refractivity contribution in [3.63, 3.8) is 0 Å². The fourth-order valence-electron chi connectivity index (χ4n) is 6.17. The van der Waals surface area contributed by atoms with Crippen molar-refractivity contribution < 1.29 is 57.6 Å². The summed E-state index contributed by atoms with van der Waals surface area (Å²) < 4.78 is 27.4. The number of hydrogen-bond acceptors (Lipinski definition) is 12. The monoisotopic (exact) mass is 588 g/mol. The van der Waals surface area contributed by atoms with Gasteiger partial charge in [0.25, 0.3) is 0 Å². The van der Waals surface area contributed by atoms with Gasteiger partial charge in [-0.05, 0) is 18.4 Å². The Morgan fingerprint density at radius 2 is 1.40 bits per heavy atom. The standard InChI is InChI=1S/C30H36O12/c1-13(12-38-14(2)31)20-23(36)21-22(26(41-17(5)34)25(20)40-16(4)33)30(9)11-10-19(39-15(3)32)29(7,8)28(30)27(24(21)37)42-18(6)35/h13,19,36H,10-12H2,1-9H3/t13-,19+,30-/m0/s1. The van der Waals surface area contributed by atoms with Gasteiger partial charge in [0.05, 0.1) is 12.2 Å². The molecule has 1 aromatic rings. The number of esters is 5. The van der Waals surface area contributed by atoms with Crippen molar-refractivity contribution >= 4 is 35.6 Å². The number of rotatable bonds is 7. The minimum Gasteiger partial charge on any atom is -0.507 e. The Morgan fingerprint density at radius 1 is 0.857 bits per heavy atom. The van der Waals surface area contributed by atoms with Crippen molar-refractivity contribution in [3.05, 3.63) is 28.0 Å². The normalized spacial score (nSPS) is 21.4. The Morgan fingerprint density at radius 3 is 1.90 bits per heavy atom. The molecule has 1 N–H and O–H groups in total. The first-order chi connectivity index (χ1) is 19.3. The number of carbonyl (C=O) groups is 6. The van der Waals surface area contributed by atoms with Gasteiger partial charge in [-0.2, -0.15) is 0 Å². The average molecular weight is 589 g/mol. The SMILES string of the molecule is CC(=O)OC[C@H](C)c1c(O)c2c(c(OC(C)=O)c1OC(C)=O)[C@]1(C)CC[C@@H](OC(C)=O)C(C)(C)C1=C(OC(C)=O)C2=O. The van der Waals surface area contributed by atoms with E-state index >= 15 is 0 Å². The Hall–Kier alpha value is -4.22. The number of fused-ring (bicyclic) bond motifs is 3. The molecule has 228 valence electrons. The first kappa shape index (κ1) is 32.3. The highest BCUT2D eigenvalue weighted by Gasteiger charge is 2.58. The fraction of sp³-hybridized carbons (Fsp3) is 0.533. The summed E-state index contributed by atoms with van der Waals surface area (Å²) >= 11 is 0. The summed E-state index contributed by atoms with van der Waals surface area (Å²) in [5, 5.41) is 11.7. The van der Waals surface area contributed by atoms with Gasteiger partial charge in [-0.1, -0.05) is 27.7 Å². The molecule has 3 rings (SSSR count). The van der Waals surface area contributed by atoms with E-state index in [2.05, 4.69) is 0 Å². The van der Waals surface area contributed by atoms with Crippen molar-refractivity contribution in [1.82, 2.24) is 0 Å². The van der Waals surface area contributed by atoms with Crippen LogP contribution in [0.4, 0.5) is 0 Å². The lowest BCUT2D eigenvalue weighted by Crippen LogP contribution is -2.51. The average Bonchev–Trinajstić information content (AvgIpc) is 2.83. The second-order valence-corrected chi connectivity index (χ2v) is 11.4. The van der Waals surface area contributed by atoms with E-state index in [0.29, 0.717) is 0 Å². The maximum atomic E-state index is 14.3. The van der Waals surface area contributed by atoms with E-state index in [1.165, 1.54) is 13.8 Å². The summed E-state index contributed by atoms with van der Waals surface area (Å²) in [6, 6.07) is 0. The summed E-state index contributed by atoms with van der Waals surface area (Å²) in [7, 11) is 0. The van der Waals surface area contributed by atoms with Crippen LogP contribution in [0.5, 0.6) is 17.2 Å². The molecule has 1 fully saturated rings. The number of phenolic OH excluding ortho intramolecular Hbond substituents is 1. The molecule has 12 nitrogen and oxygen atoms in total. The van der Waals surface area contributed by atoms with Crippen LogP contribution in [0.25, 0.3) is 0 Å². The number of phenols is 1. The summed E-state index contributed by atoms with van der Waals surface area (Å²) in [5.41, 5.74) is -2.48. The molecule has 1 saturated carbocycles. The first-order valence-electron chi connectivity index (χ1n) is 13.4. The zero-order valence-corrected chi connectivity index (χ0v) is 25.2. The van der Waals surface area contributed by atoms with E-state index < -0.39 is 64.2 Å². The van der Waals surface area contributed by atoms with Crippen LogP contribution in [0.15, 0.2) is 11.3 Å². The molecule has 0 radical (unpaired) electrons. The van der Waals surface area contributed by atoms with Crippen molar-refractivity contribution in [1.29, 1.82) is 0 Å². The van der Waals surface area contributed by atoms with Crippen LogP contribution in [-0.2, 0) is 43.6 Å². The second-order valence-electron chi connectivity index (χ2n) is 11.4. The fourth-order valence-corrected chi connectivity index (χ4v) is 6.17. The third kappa shape index (κ3) is 5.75. The van der Waals surface area contributed by atoms with Gasteiger partial charge < -0.3 is 28.8 Å². The third-order valence-corrected chi connectivity index (χ3v) is 7.61. The van der Waals surface area contributed by atoms with Crippen LogP contribution >= 0.6 is 0 Å². The van der Waals surface area contributed by atoms with Crippen molar-refractivity contribution in [2.45, 2.75) is 92.6 Å². The number of allylic oxidation sites excluding steroid dienone is 1. The summed E-state index contributed by atoms with van der Waals surface area (Å²) in [5.74, 6) is -6.93. The van der Waals surface area contributed by atoms with Gasteiger partial charge in [0, 0.05) is 62.5 Å². The van der Waals surface area contributed by atoms with Crippen LogP contribution in [0.2, 0.25) is 0 Å². The molecular weight excluding hydrogens is 552 g/mol. The molecule has 2 aliphatic rings. The quantitative estimate of drug-likeness (QED) is 0.277. The van der Waals surface area contributed by atoms with Gasteiger partial charge in [-0.15, -0.1) is 0 Å². The van der Waals surface area contributed by atoms with Crippen LogP contribution in [0.3, 0.4) is 0 Å². The van der Waals surface area contributed by atoms with E-state index in [9.17, 15) is 33.9 Å². The predicted octanol–water partition coefficient (Wildman–Crippen LogP) is 3.93. The van der Waals surface area contributed by atoms with Gasteiger partial charge in [0.2, 0.25) is 5.78 Å². The number of carbonyl (C=O) groups excluding carboxylic acids is 6. The molecule has 1 aromatic carbocycles. The molecule has 0 saturated heterocycles. The van der Waals surface area contributed by atoms with E-state index in [-0.39, 0.29) is 59.0 Å². The Bertz CT molecular complexity index is 1420. The molecule has 3 atom stereocenters. The Kier molecular flexibility index (Phi) is 8.90. The summed E-state index contributed by atoms with van der Waals surface area (Å²) in [4.78, 5) is 74.8. The highest BCUT2D eigenvalue weighted by molar-refractivity contribution is 6.15. The summed E-state index contributed by atoms with van der Waals surface area (Å²) in [6.45, 7) is 12.2. The Balaban J connectivity index is 2.53. The lowest BCUT2D eigenvalue weighted by molar-refractivity contribution is -0.154. The Labute approximate surface area is 243 Å². The number of benzene rings is 1. The highest BCUT2D eigenvalue weighted by Crippen LogP contribution is 2.63. The number of ketones is 1. The number of hydrogen-bond donors (Lipinski definition) is 1. The lowest BCUT2D eigenvalue weighted by atomic mass is 9.53. The molecule has 0 heterocycles. The molecule has 0 amide bonds. The maximum Gasteiger partial charge on any atom is 0.308 e. The van der Waals surface area contributed by atoms with E-state index in [1.807, 2.05) is 0 Å². The largest absolute Gasteiger partial charge is 0.507 e. The van der Waals surface area contributed by atoms with Crippen LogP contribution in [0, 0.1) is 5.41 Å². The highest BCUT2D eigenvalue weighted by atomic mass is 16.6. The van der Waals surface area contributed by atoms with Gasteiger partial charge >= 0.3 is 29.8 Å². The molecule has 0 aromatic heterocycles. The van der Waals surface area contributed by atoms with Crippen LogP contribution in [0.1, 0.15) is 103 Å². The van der Waals surface area contributed by atoms with Crippen LogP contribution < -0.4 is 9.47 Å². The molecule has 0 unspecified atom stereocenters. The third-order valence-electron chi connectivity index (χ3n) is 7.61. The van der Waals surface area contributed by atoms with Gasteiger partial charge in [-0.25, -0.2) is 0 Å². The molecule has 42 heavy (non-hydrogen) atoms. The molecule has 0 aliphatic heterocycles. The number of Topliss-reactive ketones (excluding diaryl/α,β-unsaturated/α-hetero) is 1. The van der Waals surface area contributed by atoms with E-state index in [4.69, 9.17) is 23.7 Å². The van der Waals surface area contributed by atoms with E-state index in [0.717, 1.165) is 20.8 Å². The lowest BCUT2D eigenvalue weighted by Gasteiger charge is -2.52. The van der Waals surface area contributed by atoms with Gasteiger partial charge in [0.15, 0.2) is 17.3 Å². The minimum atomic E-state index is -1.26. The summed E-state index contributed by atoms with van der Waals surface area (Å²) in [6.07, 6.45) is -0.259. The first-order valence-corrected chi connectivity index (χ1v) is 13.4. The predicted molar refractivity (Wildman–Crippen MR) is 145 cm³/mol. The maximum absolute atomic E-state index is 14.3. The topological polar surface area (TPSA) is 169 Å². The number of aromatic hydroxyl groups is 1. The minimum absolute atomic E-state index is 0.0418. The van der Waals surface area contributed by atoms with E-state index in [1.54, 1.807) is 27.7 Å². The molecule has 12 heteroatoms.